The van der Waals surface area contributed by atoms with Crippen LogP contribution < -0.4 is 5.32 Å². The lowest BCUT2D eigenvalue weighted by molar-refractivity contribution is 0.687. The van der Waals surface area contributed by atoms with Crippen LogP contribution in [-0.2, 0) is 12.8 Å². The molecule has 0 spiro atoms. The number of benzene rings is 1. The number of fused-ring (bicyclic) bond motifs is 1. The maximum atomic E-state index is 4.53. The molecule has 0 bridgehead atoms. The van der Waals surface area contributed by atoms with Gasteiger partial charge in [-0.25, -0.2) is 0 Å². The summed E-state index contributed by atoms with van der Waals surface area (Å²) in [5, 5.41) is 5.23. The van der Waals surface area contributed by atoms with Crippen LogP contribution in [0.2, 0.25) is 0 Å². The second-order valence-corrected chi connectivity index (χ2v) is 6.28. The molecule has 2 nitrogen and oxygen atoms in total. The summed E-state index contributed by atoms with van der Waals surface area (Å²) in [6.07, 6.45) is 5.11. The van der Waals surface area contributed by atoms with Gasteiger partial charge in [0.05, 0.1) is 6.54 Å². The summed E-state index contributed by atoms with van der Waals surface area (Å²) in [4.78, 5) is 4.53. The zero-order valence-electron chi connectivity index (χ0n) is 10.2. The Bertz CT molecular complexity index is 454. The second-order valence-electron chi connectivity index (χ2n) is 4.85. The van der Waals surface area contributed by atoms with Gasteiger partial charge in [0, 0.05) is 10.9 Å². The molecule has 3 rings (SSSR count). The number of anilines is 1. The number of amidine groups is 1. The molecule has 0 radical (unpaired) electrons. The van der Waals surface area contributed by atoms with E-state index in [1.54, 1.807) is 0 Å². The summed E-state index contributed by atoms with van der Waals surface area (Å²) in [5.41, 5.74) is 4.32. The number of aryl methyl sites for hydroxylation is 1. The summed E-state index contributed by atoms with van der Waals surface area (Å²) >= 11 is 1.85. The van der Waals surface area contributed by atoms with E-state index in [9.17, 15) is 0 Å². The Morgan fingerprint density at radius 1 is 1.29 bits per heavy atom. The summed E-state index contributed by atoms with van der Waals surface area (Å²) in [5.74, 6) is 0. The zero-order valence-corrected chi connectivity index (χ0v) is 11.0. The van der Waals surface area contributed by atoms with Crippen LogP contribution in [0, 0.1) is 0 Å². The molecule has 1 unspecified atom stereocenters. The number of aliphatic imine (C=N–C) groups is 1. The van der Waals surface area contributed by atoms with Crippen LogP contribution in [0.1, 0.15) is 30.9 Å². The predicted molar refractivity (Wildman–Crippen MR) is 76.1 cm³/mol. The minimum absolute atomic E-state index is 0.622. The van der Waals surface area contributed by atoms with Crippen molar-refractivity contribution in [3.8, 4) is 0 Å². The van der Waals surface area contributed by atoms with Crippen LogP contribution in [0.5, 0.6) is 0 Å². The molecule has 0 fully saturated rings. The number of nitrogens with zero attached hydrogens (tertiary/aromatic N) is 1. The molecule has 1 aromatic carbocycles. The van der Waals surface area contributed by atoms with E-state index in [0.29, 0.717) is 5.25 Å². The van der Waals surface area contributed by atoms with Gasteiger partial charge in [-0.1, -0.05) is 30.8 Å². The van der Waals surface area contributed by atoms with E-state index in [0.717, 1.165) is 11.7 Å². The molecule has 90 valence electrons. The molecule has 1 atom stereocenters. The molecule has 2 aliphatic rings. The van der Waals surface area contributed by atoms with Gasteiger partial charge in [-0.15, -0.1) is 0 Å². The van der Waals surface area contributed by atoms with E-state index in [-0.39, 0.29) is 0 Å². The minimum atomic E-state index is 0.622. The SMILES string of the molecule is CC1CN=C(Nc2cccc3c2CCCC3)S1. The average Bonchev–Trinajstić information content (AvgIpc) is 2.75. The van der Waals surface area contributed by atoms with E-state index >= 15 is 0 Å². The van der Waals surface area contributed by atoms with Gasteiger partial charge in [-0.05, 0) is 42.9 Å². The normalized spacial score (nSPS) is 23.1. The third-order valence-corrected chi connectivity index (χ3v) is 4.45. The fourth-order valence-electron chi connectivity index (χ4n) is 2.56. The van der Waals surface area contributed by atoms with Gasteiger partial charge in [0.2, 0.25) is 0 Å². The highest BCUT2D eigenvalue weighted by atomic mass is 32.2. The molecule has 17 heavy (non-hydrogen) atoms. The minimum Gasteiger partial charge on any atom is -0.335 e. The van der Waals surface area contributed by atoms with Gasteiger partial charge >= 0.3 is 0 Å². The quantitative estimate of drug-likeness (QED) is 0.820. The average molecular weight is 246 g/mol. The first-order valence-electron chi connectivity index (χ1n) is 6.42. The Morgan fingerprint density at radius 2 is 2.18 bits per heavy atom. The predicted octanol–water partition coefficient (Wildman–Crippen LogP) is 3.47. The molecular formula is C14H18N2S. The van der Waals surface area contributed by atoms with Crippen molar-refractivity contribution in [2.75, 3.05) is 11.9 Å². The maximum absolute atomic E-state index is 4.53. The lowest BCUT2D eigenvalue weighted by Crippen LogP contribution is -2.11. The third kappa shape index (κ3) is 2.34. The number of hydrogen-bond acceptors (Lipinski definition) is 3. The Labute approximate surface area is 107 Å². The summed E-state index contributed by atoms with van der Waals surface area (Å²) in [6.45, 7) is 3.17. The molecule has 1 heterocycles. The van der Waals surface area contributed by atoms with E-state index in [1.807, 2.05) is 11.8 Å². The molecular weight excluding hydrogens is 228 g/mol. The fraction of sp³-hybridized carbons (Fsp3) is 0.500. The number of rotatable bonds is 1. The van der Waals surface area contributed by atoms with Crippen LogP contribution >= 0.6 is 11.8 Å². The van der Waals surface area contributed by atoms with E-state index in [2.05, 4.69) is 35.4 Å². The van der Waals surface area contributed by atoms with Crippen LogP contribution in [-0.4, -0.2) is 17.0 Å². The summed E-state index contributed by atoms with van der Waals surface area (Å²) in [7, 11) is 0. The Kier molecular flexibility index (Phi) is 3.10. The van der Waals surface area contributed by atoms with Crippen LogP contribution in [0.25, 0.3) is 0 Å². The molecule has 0 saturated heterocycles. The zero-order chi connectivity index (χ0) is 11.7. The van der Waals surface area contributed by atoms with Crippen molar-refractivity contribution in [1.29, 1.82) is 0 Å². The summed E-state index contributed by atoms with van der Waals surface area (Å²) < 4.78 is 0. The van der Waals surface area contributed by atoms with Gasteiger partial charge in [0.1, 0.15) is 0 Å². The smallest absolute Gasteiger partial charge is 0.161 e. The Hall–Kier alpha value is -0.960. The third-order valence-electron chi connectivity index (χ3n) is 3.44. The summed E-state index contributed by atoms with van der Waals surface area (Å²) in [6, 6.07) is 6.62. The van der Waals surface area contributed by atoms with Crippen molar-refractivity contribution < 1.29 is 0 Å². The first-order chi connectivity index (χ1) is 8.33. The first-order valence-corrected chi connectivity index (χ1v) is 7.30. The van der Waals surface area contributed by atoms with Crippen LogP contribution in [0.3, 0.4) is 0 Å². The van der Waals surface area contributed by atoms with E-state index < -0.39 is 0 Å². The standard InChI is InChI=1S/C14H18N2S/c1-10-9-15-14(17-10)16-13-8-4-6-11-5-2-3-7-12(11)13/h4,6,8,10H,2-3,5,7,9H2,1H3,(H,15,16). The van der Waals surface area contributed by atoms with Crippen molar-refractivity contribution >= 4 is 22.6 Å². The van der Waals surface area contributed by atoms with E-state index in [1.165, 1.54) is 42.5 Å². The first kappa shape index (κ1) is 11.1. The van der Waals surface area contributed by atoms with Gasteiger partial charge in [-0.3, -0.25) is 4.99 Å². The molecule has 0 amide bonds. The topological polar surface area (TPSA) is 24.4 Å². The van der Waals surface area contributed by atoms with Crippen LogP contribution in [0.4, 0.5) is 5.69 Å². The lowest BCUT2D eigenvalue weighted by atomic mass is 9.90. The maximum Gasteiger partial charge on any atom is 0.161 e. The lowest BCUT2D eigenvalue weighted by Gasteiger charge is -2.19. The molecule has 0 saturated carbocycles. The van der Waals surface area contributed by atoms with Gasteiger partial charge in [-0.2, -0.15) is 0 Å². The van der Waals surface area contributed by atoms with Crippen molar-refractivity contribution in [3.05, 3.63) is 29.3 Å². The van der Waals surface area contributed by atoms with Crippen LogP contribution in [0.15, 0.2) is 23.2 Å². The molecule has 3 heteroatoms. The Balaban J connectivity index is 1.83. The second kappa shape index (κ2) is 4.73. The van der Waals surface area contributed by atoms with Crippen molar-refractivity contribution in [1.82, 2.24) is 0 Å². The molecule has 1 N–H and O–H groups in total. The Morgan fingerprint density at radius 3 is 3.00 bits per heavy atom. The van der Waals surface area contributed by atoms with Crippen molar-refractivity contribution in [3.63, 3.8) is 0 Å². The van der Waals surface area contributed by atoms with Gasteiger partial charge < -0.3 is 5.32 Å². The van der Waals surface area contributed by atoms with Gasteiger partial charge in [0.25, 0.3) is 0 Å². The number of thioether (sulfide) groups is 1. The number of hydrogen-bond donors (Lipinski definition) is 1. The fourth-order valence-corrected chi connectivity index (χ4v) is 3.41. The monoisotopic (exact) mass is 246 g/mol. The highest BCUT2D eigenvalue weighted by molar-refractivity contribution is 8.15. The van der Waals surface area contributed by atoms with E-state index in [4.69, 9.17) is 0 Å². The van der Waals surface area contributed by atoms with Crippen molar-refractivity contribution in [2.45, 2.75) is 37.9 Å². The van der Waals surface area contributed by atoms with Crippen molar-refractivity contribution in [2.24, 2.45) is 4.99 Å². The largest absolute Gasteiger partial charge is 0.335 e. The molecule has 1 aliphatic carbocycles. The highest BCUT2D eigenvalue weighted by Crippen LogP contribution is 2.30. The molecule has 1 aliphatic heterocycles. The number of nitrogens with one attached hydrogen (secondary N) is 1. The van der Waals surface area contributed by atoms with Gasteiger partial charge in [0.15, 0.2) is 5.17 Å². The molecule has 0 aromatic heterocycles. The highest BCUT2D eigenvalue weighted by Gasteiger charge is 2.18. The molecule has 1 aromatic rings.